The first-order valence-electron chi connectivity index (χ1n) is 6.08. The number of anilines is 1. The monoisotopic (exact) mass is 236 g/mol. The number of aromatic nitrogens is 2. The molecule has 0 radical (unpaired) electrons. The average Bonchev–Trinajstić information content (AvgIpc) is 3.19. The largest absolute Gasteiger partial charge is 0.394 e. The van der Waals surface area contributed by atoms with Crippen molar-refractivity contribution in [1.29, 1.82) is 0 Å². The minimum atomic E-state index is 0.0328. The molecule has 2 N–H and O–H groups in total. The molecule has 0 amide bonds. The van der Waals surface area contributed by atoms with Gasteiger partial charge in [-0.15, -0.1) is 0 Å². The van der Waals surface area contributed by atoms with Gasteiger partial charge in [0.15, 0.2) is 0 Å². The maximum absolute atomic E-state index is 9.07. The third kappa shape index (κ3) is 3.38. The van der Waals surface area contributed by atoms with Crippen molar-refractivity contribution in [2.45, 2.75) is 38.4 Å². The average molecular weight is 236 g/mol. The predicted molar refractivity (Wildman–Crippen MR) is 66.8 cm³/mol. The smallest absolute Gasteiger partial charge is 0.225 e. The van der Waals surface area contributed by atoms with Gasteiger partial charge in [0.2, 0.25) is 5.95 Å². The van der Waals surface area contributed by atoms with Crippen LogP contribution in [-0.2, 0) is 6.54 Å². The Morgan fingerprint density at radius 2 is 2.12 bits per heavy atom. The molecule has 5 heteroatoms. The van der Waals surface area contributed by atoms with Crippen molar-refractivity contribution in [3.63, 3.8) is 0 Å². The standard InChI is InChI=1S/C12H20N4O/c1-9(8-17)16(2)12-14-6-10(7-15-12)5-13-11-3-4-11/h6-7,9,11,13,17H,3-5,8H2,1-2H3. The van der Waals surface area contributed by atoms with Gasteiger partial charge in [-0.3, -0.25) is 0 Å². The van der Waals surface area contributed by atoms with Crippen LogP contribution < -0.4 is 10.2 Å². The maximum Gasteiger partial charge on any atom is 0.225 e. The zero-order valence-corrected chi connectivity index (χ0v) is 10.4. The highest BCUT2D eigenvalue weighted by atomic mass is 16.3. The highest BCUT2D eigenvalue weighted by Crippen LogP contribution is 2.19. The van der Waals surface area contributed by atoms with E-state index in [0.717, 1.165) is 12.1 Å². The fourth-order valence-electron chi connectivity index (χ4n) is 1.49. The van der Waals surface area contributed by atoms with Gasteiger partial charge in [0, 0.05) is 37.6 Å². The summed E-state index contributed by atoms with van der Waals surface area (Å²) < 4.78 is 0. The number of nitrogens with one attached hydrogen (secondary N) is 1. The van der Waals surface area contributed by atoms with Crippen molar-refractivity contribution in [3.8, 4) is 0 Å². The summed E-state index contributed by atoms with van der Waals surface area (Å²) in [4.78, 5) is 10.5. The number of nitrogens with zero attached hydrogens (tertiary/aromatic N) is 3. The second-order valence-corrected chi connectivity index (χ2v) is 4.69. The number of rotatable bonds is 6. The zero-order valence-electron chi connectivity index (χ0n) is 10.4. The number of hydrogen-bond donors (Lipinski definition) is 2. The molecule has 1 aliphatic carbocycles. The van der Waals surface area contributed by atoms with Crippen LogP contribution in [-0.4, -0.2) is 40.8 Å². The number of hydrogen-bond acceptors (Lipinski definition) is 5. The Bertz CT molecular complexity index is 350. The van der Waals surface area contributed by atoms with E-state index in [1.54, 1.807) is 0 Å². The van der Waals surface area contributed by atoms with E-state index < -0.39 is 0 Å². The molecule has 0 spiro atoms. The zero-order chi connectivity index (χ0) is 12.3. The van der Waals surface area contributed by atoms with Crippen LogP contribution in [0.5, 0.6) is 0 Å². The predicted octanol–water partition coefficient (Wildman–Crippen LogP) is 0.546. The summed E-state index contributed by atoms with van der Waals surface area (Å²) in [6.07, 6.45) is 6.27. The molecule has 0 aliphatic heterocycles. The Hall–Kier alpha value is -1.20. The van der Waals surface area contributed by atoms with Gasteiger partial charge in [0.25, 0.3) is 0 Å². The van der Waals surface area contributed by atoms with Gasteiger partial charge < -0.3 is 15.3 Å². The summed E-state index contributed by atoms with van der Waals surface area (Å²) in [5.74, 6) is 0.654. The molecule has 1 atom stereocenters. The van der Waals surface area contributed by atoms with E-state index in [0.29, 0.717) is 12.0 Å². The first kappa shape index (κ1) is 12.3. The van der Waals surface area contributed by atoms with Gasteiger partial charge in [-0.1, -0.05) is 0 Å². The van der Waals surface area contributed by atoms with Crippen LogP contribution in [0.3, 0.4) is 0 Å². The fourth-order valence-corrected chi connectivity index (χ4v) is 1.49. The van der Waals surface area contributed by atoms with Crippen LogP contribution in [0.25, 0.3) is 0 Å². The topological polar surface area (TPSA) is 61.3 Å². The van der Waals surface area contributed by atoms with Gasteiger partial charge in [-0.05, 0) is 19.8 Å². The minimum Gasteiger partial charge on any atom is -0.394 e. The Labute approximate surface area is 102 Å². The molecule has 1 saturated carbocycles. The molecule has 1 fully saturated rings. The van der Waals surface area contributed by atoms with Crippen LogP contribution in [0.2, 0.25) is 0 Å². The number of likely N-dealkylation sites (N-methyl/N-ethyl adjacent to an activating group) is 1. The molecule has 0 aromatic carbocycles. The van der Waals surface area contributed by atoms with Gasteiger partial charge in [-0.25, -0.2) is 9.97 Å². The molecule has 1 unspecified atom stereocenters. The summed E-state index contributed by atoms with van der Waals surface area (Å²) in [7, 11) is 1.89. The van der Waals surface area contributed by atoms with Crippen molar-refractivity contribution >= 4 is 5.95 Å². The number of aliphatic hydroxyl groups excluding tert-OH is 1. The molecule has 1 aromatic heterocycles. The van der Waals surface area contributed by atoms with E-state index in [1.165, 1.54) is 12.8 Å². The van der Waals surface area contributed by atoms with Crippen LogP contribution in [0, 0.1) is 0 Å². The van der Waals surface area contributed by atoms with Gasteiger partial charge >= 0.3 is 0 Å². The van der Waals surface area contributed by atoms with Gasteiger partial charge in [-0.2, -0.15) is 0 Å². The van der Waals surface area contributed by atoms with Crippen molar-refractivity contribution in [3.05, 3.63) is 18.0 Å². The lowest BCUT2D eigenvalue weighted by molar-refractivity contribution is 0.269. The van der Waals surface area contributed by atoms with Crippen molar-refractivity contribution in [2.24, 2.45) is 0 Å². The van der Waals surface area contributed by atoms with Crippen LogP contribution in [0.15, 0.2) is 12.4 Å². The lowest BCUT2D eigenvalue weighted by Crippen LogP contribution is -2.33. The molecular weight excluding hydrogens is 216 g/mol. The fraction of sp³-hybridized carbons (Fsp3) is 0.667. The lowest BCUT2D eigenvalue weighted by Gasteiger charge is -2.22. The van der Waals surface area contributed by atoms with Gasteiger partial charge in [0.05, 0.1) is 12.6 Å². The first-order valence-corrected chi connectivity index (χ1v) is 6.08. The van der Waals surface area contributed by atoms with E-state index >= 15 is 0 Å². The summed E-state index contributed by atoms with van der Waals surface area (Å²) in [5.41, 5.74) is 1.10. The van der Waals surface area contributed by atoms with Crippen molar-refractivity contribution in [1.82, 2.24) is 15.3 Å². The highest BCUT2D eigenvalue weighted by Gasteiger charge is 2.20. The Morgan fingerprint density at radius 1 is 1.47 bits per heavy atom. The summed E-state index contributed by atoms with van der Waals surface area (Å²) in [5, 5.41) is 12.5. The summed E-state index contributed by atoms with van der Waals surface area (Å²) in [6, 6.07) is 0.734. The Morgan fingerprint density at radius 3 is 2.65 bits per heavy atom. The normalized spacial score (nSPS) is 16.9. The first-order chi connectivity index (χ1) is 8.20. The lowest BCUT2D eigenvalue weighted by atomic mass is 10.3. The van der Waals surface area contributed by atoms with Crippen molar-refractivity contribution < 1.29 is 5.11 Å². The molecule has 1 heterocycles. The molecule has 94 valence electrons. The second-order valence-electron chi connectivity index (χ2n) is 4.69. The highest BCUT2D eigenvalue weighted by molar-refractivity contribution is 5.29. The van der Waals surface area contributed by atoms with Crippen LogP contribution >= 0.6 is 0 Å². The summed E-state index contributed by atoms with van der Waals surface area (Å²) >= 11 is 0. The number of aliphatic hydroxyl groups is 1. The molecule has 0 saturated heterocycles. The van der Waals surface area contributed by atoms with E-state index in [1.807, 2.05) is 31.3 Å². The molecule has 17 heavy (non-hydrogen) atoms. The third-order valence-electron chi connectivity index (χ3n) is 3.10. The molecule has 1 aliphatic rings. The summed E-state index contributed by atoms with van der Waals surface area (Å²) in [6.45, 7) is 2.88. The molecule has 5 nitrogen and oxygen atoms in total. The third-order valence-corrected chi connectivity index (χ3v) is 3.10. The van der Waals surface area contributed by atoms with E-state index in [2.05, 4.69) is 15.3 Å². The molecule has 2 rings (SSSR count). The van der Waals surface area contributed by atoms with E-state index in [4.69, 9.17) is 5.11 Å². The molecule has 1 aromatic rings. The molecule has 0 bridgehead atoms. The maximum atomic E-state index is 9.07. The Kier molecular flexibility index (Phi) is 3.91. The van der Waals surface area contributed by atoms with E-state index in [9.17, 15) is 0 Å². The quantitative estimate of drug-likeness (QED) is 0.755. The van der Waals surface area contributed by atoms with E-state index in [-0.39, 0.29) is 12.6 Å². The van der Waals surface area contributed by atoms with Gasteiger partial charge in [0.1, 0.15) is 0 Å². The minimum absolute atomic E-state index is 0.0328. The van der Waals surface area contributed by atoms with Crippen molar-refractivity contribution in [2.75, 3.05) is 18.6 Å². The van der Waals surface area contributed by atoms with Crippen LogP contribution in [0.1, 0.15) is 25.3 Å². The van der Waals surface area contributed by atoms with Crippen LogP contribution in [0.4, 0.5) is 5.95 Å². The Balaban J connectivity index is 1.91. The molecular formula is C12H20N4O. The SMILES string of the molecule is CC(CO)N(C)c1ncc(CNC2CC2)cn1. The second kappa shape index (κ2) is 5.42.